The summed E-state index contributed by atoms with van der Waals surface area (Å²) in [6.45, 7) is 9.16. The summed E-state index contributed by atoms with van der Waals surface area (Å²) < 4.78 is 6.15. The van der Waals surface area contributed by atoms with Gasteiger partial charge in [-0.3, -0.25) is 9.69 Å². The highest BCUT2D eigenvalue weighted by atomic mass is 16.5. The van der Waals surface area contributed by atoms with E-state index >= 15 is 0 Å². The zero-order valence-electron chi connectivity index (χ0n) is 19.7. The lowest BCUT2D eigenvalue weighted by Gasteiger charge is -2.38. The number of benzene rings is 3. The Morgan fingerprint density at radius 3 is 2.61 bits per heavy atom. The molecule has 1 amide bonds. The Morgan fingerprint density at radius 1 is 1.06 bits per heavy atom. The quantitative estimate of drug-likeness (QED) is 0.575. The molecule has 0 fully saturated rings. The van der Waals surface area contributed by atoms with E-state index in [1.165, 1.54) is 22.3 Å². The van der Waals surface area contributed by atoms with Crippen molar-refractivity contribution in [3.8, 4) is 5.75 Å². The second kappa shape index (κ2) is 8.68. The second-order valence-electron chi connectivity index (χ2n) is 10.1. The van der Waals surface area contributed by atoms with Crippen LogP contribution in [0.15, 0.2) is 66.7 Å². The van der Waals surface area contributed by atoms with Crippen LogP contribution < -0.4 is 10.1 Å². The minimum Gasteiger partial charge on any atom is -0.487 e. The van der Waals surface area contributed by atoms with E-state index < -0.39 is 0 Å². The number of amides is 1. The summed E-state index contributed by atoms with van der Waals surface area (Å²) in [5.74, 6) is 0.823. The Hall–Kier alpha value is -3.11. The molecule has 5 rings (SSSR count). The molecular weight excluding hydrogens is 408 g/mol. The molecule has 0 radical (unpaired) electrons. The Kier molecular flexibility index (Phi) is 5.71. The summed E-state index contributed by atoms with van der Waals surface area (Å²) in [6.07, 6.45) is 1.84. The van der Waals surface area contributed by atoms with E-state index in [-0.39, 0.29) is 17.6 Å². The number of nitrogens with one attached hydrogen (secondary N) is 1. The highest BCUT2D eigenvalue weighted by Gasteiger charge is 2.34. The van der Waals surface area contributed by atoms with Crippen LogP contribution in [-0.4, -0.2) is 23.0 Å². The zero-order valence-corrected chi connectivity index (χ0v) is 19.7. The standard InChI is InChI=1S/C29H32N2O2/c1-20-8-13-27-25(16-20)26(17-29(2,3)33-27)30-28(32)23-11-9-21(10-12-23)18-31-15-14-22-6-4-5-7-24(22)19-31/h4-13,16,26H,14-15,17-19H2,1-3H3,(H,30,32)/t26-/m0/s1. The summed E-state index contributed by atoms with van der Waals surface area (Å²) in [7, 11) is 0. The van der Waals surface area contributed by atoms with Crippen LogP contribution in [0.25, 0.3) is 0 Å². The number of hydrogen-bond acceptors (Lipinski definition) is 3. The van der Waals surface area contributed by atoms with Crippen LogP contribution >= 0.6 is 0 Å². The number of rotatable bonds is 4. The molecule has 0 spiro atoms. The van der Waals surface area contributed by atoms with E-state index in [0.29, 0.717) is 5.56 Å². The Morgan fingerprint density at radius 2 is 1.82 bits per heavy atom. The molecule has 0 aliphatic carbocycles. The van der Waals surface area contributed by atoms with E-state index in [1.807, 2.05) is 18.2 Å². The Bertz CT molecular complexity index is 1170. The highest BCUT2D eigenvalue weighted by Crippen LogP contribution is 2.40. The largest absolute Gasteiger partial charge is 0.487 e. The first-order valence-electron chi connectivity index (χ1n) is 11.8. The smallest absolute Gasteiger partial charge is 0.251 e. The number of nitrogens with zero attached hydrogens (tertiary/aromatic N) is 1. The Labute approximate surface area is 196 Å². The van der Waals surface area contributed by atoms with Crippen molar-refractivity contribution in [1.29, 1.82) is 0 Å². The van der Waals surface area contributed by atoms with E-state index in [2.05, 4.69) is 79.5 Å². The minimum atomic E-state index is -0.322. The first-order chi connectivity index (χ1) is 15.9. The van der Waals surface area contributed by atoms with Gasteiger partial charge < -0.3 is 10.1 Å². The maximum Gasteiger partial charge on any atom is 0.251 e. The fraction of sp³-hybridized carbons (Fsp3) is 0.345. The third-order valence-corrected chi connectivity index (χ3v) is 6.76. The van der Waals surface area contributed by atoms with Gasteiger partial charge in [0.2, 0.25) is 0 Å². The van der Waals surface area contributed by atoms with Crippen molar-refractivity contribution >= 4 is 5.91 Å². The summed E-state index contributed by atoms with van der Waals surface area (Å²) in [5.41, 5.74) is 6.73. The fourth-order valence-corrected chi connectivity index (χ4v) is 5.05. The van der Waals surface area contributed by atoms with Crippen molar-refractivity contribution in [3.05, 3.63) is 100 Å². The minimum absolute atomic E-state index is 0.0383. The van der Waals surface area contributed by atoms with Crippen LogP contribution in [0.3, 0.4) is 0 Å². The average Bonchev–Trinajstić information content (AvgIpc) is 2.79. The van der Waals surface area contributed by atoms with Gasteiger partial charge in [-0.05, 0) is 62.1 Å². The molecular formula is C29H32N2O2. The molecule has 2 aliphatic heterocycles. The van der Waals surface area contributed by atoms with E-state index in [4.69, 9.17) is 4.74 Å². The first-order valence-corrected chi connectivity index (χ1v) is 11.8. The SMILES string of the molecule is Cc1ccc2c(c1)[C@@H](NC(=O)c1ccc(CN3CCc4ccccc4C3)cc1)CC(C)(C)O2. The van der Waals surface area contributed by atoms with E-state index in [1.54, 1.807) is 0 Å². The normalized spacial score (nSPS) is 19.2. The molecule has 0 unspecified atom stereocenters. The van der Waals surface area contributed by atoms with Gasteiger partial charge in [-0.2, -0.15) is 0 Å². The molecule has 1 N–H and O–H groups in total. The van der Waals surface area contributed by atoms with Crippen molar-refractivity contribution < 1.29 is 9.53 Å². The predicted octanol–water partition coefficient (Wildman–Crippen LogP) is 5.59. The molecule has 33 heavy (non-hydrogen) atoms. The van der Waals surface area contributed by atoms with Gasteiger partial charge in [0, 0.05) is 37.2 Å². The lowest BCUT2D eigenvalue weighted by atomic mass is 9.88. The zero-order chi connectivity index (χ0) is 23.0. The van der Waals surface area contributed by atoms with E-state index in [0.717, 1.165) is 43.8 Å². The topological polar surface area (TPSA) is 41.6 Å². The Balaban J connectivity index is 1.26. The van der Waals surface area contributed by atoms with Crippen LogP contribution in [0.2, 0.25) is 0 Å². The number of aryl methyl sites for hydroxylation is 1. The number of ether oxygens (including phenoxy) is 1. The summed E-state index contributed by atoms with van der Waals surface area (Å²) in [4.78, 5) is 15.6. The van der Waals surface area contributed by atoms with Gasteiger partial charge in [0.25, 0.3) is 5.91 Å². The average molecular weight is 441 g/mol. The molecule has 0 bridgehead atoms. The second-order valence-corrected chi connectivity index (χ2v) is 10.1. The summed E-state index contributed by atoms with van der Waals surface area (Å²) in [6, 6.07) is 22.9. The molecule has 170 valence electrons. The van der Waals surface area contributed by atoms with E-state index in [9.17, 15) is 4.79 Å². The molecule has 2 heterocycles. The van der Waals surface area contributed by atoms with Crippen molar-refractivity contribution in [2.75, 3.05) is 6.54 Å². The summed E-state index contributed by atoms with van der Waals surface area (Å²) in [5, 5.41) is 3.26. The monoisotopic (exact) mass is 440 g/mol. The van der Waals surface area contributed by atoms with Crippen LogP contribution in [0.5, 0.6) is 5.75 Å². The van der Waals surface area contributed by atoms with Crippen molar-refractivity contribution in [2.45, 2.75) is 58.3 Å². The van der Waals surface area contributed by atoms with Crippen molar-refractivity contribution in [1.82, 2.24) is 10.2 Å². The van der Waals surface area contributed by atoms with Crippen LogP contribution in [0, 0.1) is 6.92 Å². The van der Waals surface area contributed by atoms with Gasteiger partial charge in [-0.1, -0.05) is 54.1 Å². The van der Waals surface area contributed by atoms with Gasteiger partial charge in [-0.25, -0.2) is 0 Å². The lowest BCUT2D eigenvalue weighted by molar-refractivity contribution is 0.0619. The summed E-state index contributed by atoms with van der Waals surface area (Å²) >= 11 is 0. The number of fused-ring (bicyclic) bond motifs is 2. The number of carbonyl (C=O) groups is 1. The molecule has 4 nitrogen and oxygen atoms in total. The predicted molar refractivity (Wildman–Crippen MR) is 131 cm³/mol. The van der Waals surface area contributed by atoms with Crippen molar-refractivity contribution in [2.24, 2.45) is 0 Å². The van der Waals surface area contributed by atoms with Gasteiger partial charge in [0.1, 0.15) is 11.4 Å². The third-order valence-electron chi connectivity index (χ3n) is 6.76. The molecule has 3 aromatic carbocycles. The van der Waals surface area contributed by atoms with Crippen molar-refractivity contribution in [3.63, 3.8) is 0 Å². The molecule has 3 aromatic rings. The third kappa shape index (κ3) is 4.81. The van der Waals surface area contributed by atoms with Crippen LogP contribution in [-0.2, 0) is 19.5 Å². The highest BCUT2D eigenvalue weighted by molar-refractivity contribution is 5.94. The van der Waals surface area contributed by atoms with Crippen LogP contribution in [0.4, 0.5) is 0 Å². The number of carbonyl (C=O) groups excluding carboxylic acids is 1. The molecule has 4 heteroatoms. The van der Waals surface area contributed by atoms with Gasteiger partial charge in [-0.15, -0.1) is 0 Å². The molecule has 1 atom stereocenters. The van der Waals surface area contributed by atoms with Crippen LogP contribution in [0.1, 0.15) is 64.5 Å². The van der Waals surface area contributed by atoms with Gasteiger partial charge in [0.05, 0.1) is 6.04 Å². The van der Waals surface area contributed by atoms with Gasteiger partial charge in [0.15, 0.2) is 0 Å². The lowest BCUT2D eigenvalue weighted by Crippen LogP contribution is -2.41. The molecule has 0 saturated carbocycles. The molecule has 2 aliphatic rings. The maximum absolute atomic E-state index is 13.1. The number of hydrogen-bond donors (Lipinski definition) is 1. The van der Waals surface area contributed by atoms with Gasteiger partial charge >= 0.3 is 0 Å². The fourth-order valence-electron chi connectivity index (χ4n) is 5.05. The molecule has 0 aromatic heterocycles. The molecule has 0 saturated heterocycles. The maximum atomic E-state index is 13.1. The first kappa shape index (κ1) is 21.7.